The highest BCUT2D eigenvalue weighted by Crippen LogP contribution is 2.35. The lowest BCUT2D eigenvalue weighted by molar-refractivity contribution is 0.481. The summed E-state index contributed by atoms with van der Waals surface area (Å²) in [5.74, 6) is 0.362. The van der Waals surface area contributed by atoms with Crippen LogP contribution in [0, 0.1) is 11.3 Å². The maximum Gasteiger partial charge on any atom is 0.125 e. The normalized spacial score (nSPS) is 11.1. The van der Waals surface area contributed by atoms with Crippen molar-refractivity contribution < 1.29 is 5.11 Å². The Bertz CT molecular complexity index is 855. The summed E-state index contributed by atoms with van der Waals surface area (Å²) < 4.78 is 2.14. The quantitative estimate of drug-likeness (QED) is 0.695. The maximum atomic E-state index is 10.4. The first-order valence-corrected chi connectivity index (χ1v) is 7.78. The first-order chi connectivity index (χ1) is 10.7. The molecule has 0 saturated heterocycles. The smallest absolute Gasteiger partial charge is 0.125 e. The molecule has 0 aliphatic heterocycles. The minimum absolute atomic E-state index is 0.362. The van der Waals surface area contributed by atoms with Gasteiger partial charge in [0.1, 0.15) is 5.75 Å². The molecule has 0 saturated carbocycles. The Kier molecular flexibility index (Phi) is 4.02. The summed E-state index contributed by atoms with van der Waals surface area (Å²) in [6.07, 6.45) is 4.64. The molecule has 3 rings (SSSR count). The first-order valence-electron chi connectivity index (χ1n) is 7.78. The van der Waals surface area contributed by atoms with Gasteiger partial charge in [-0.1, -0.05) is 24.6 Å². The molecule has 3 nitrogen and oxygen atoms in total. The topological polar surface area (TPSA) is 49.0 Å². The summed E-state index contributed by atoms with van der Waals surface area (Å²) in [6.45, 7) is 0. The van der Waals surface area contributed by atoms with Crippen molar-refractivity contribution in [3.63, 3.8) is 0 Å². The van der Waals surface area contributed by atoms with Gasteiger partial charge >= 0.3 is 0 Å². The van der Waals surface area contributed by atoms with Crippen molar-refractivity contribution in [2.24, 2.45) is 7.05 Å². The molecular weight excluding hydrogens is 272 g/mol. The fourth-order valence-electron chi connectivity index (χ4n) is 3.17. The van der Waals surface area contributed by atoms with Crippen LogP contribution >= 0.6 is 0 Å². The summed E-state index contributed by atoms with van der Waals surface area (Å²) in [6, 6.07) is 14.4. The predicted molar refractivity (Wildman–Crippen MR) is 89.9 cm³/mol. The van der Waals surface area contributed by atoms with Gasteiger partial charge in [0, 0.05) is 29.8 Å². The van der Waals surface area contributed by atoms with E-state index in [0.29, 0.717) is 12.2 Å². The number of phenols is 1. The lowest BCUT2D eigenvalue weighted by Crippen LogP contribution is -1.90. The third kappa shape index (κ3) is 2.53. The number of fused-ring (bicyclic) bond motifs is 3. The van der Waals surface area contributed by atoms with Crippen LogP contribution in [0.2, 0.25) is 0 Å². The third-order valence-electron chi connectivity index (χ3n) is 4.31. The lowest BCUT2D eigenvalue weighted by Gasteiger charge is -2.05. The van der Waals surface area contributed by atoms with Crippen LogP contribution in [-0.4, -0.2) is 9.67 Å². The minimum atomic E-state index is 0.362. The Morgan fingerprint density at radius 3 is 2.73 bits per heavy atom. The van der Waals surface area contributed by atoms with E-state index in [1.807, 2.05) is 25.2 Å². The monoisotopic (exact) mass is 292 g/mol. The number of hydrogen-bond donors (Lipinski definition) is 1. The second kappa shape index (κ2) is 6.11. The Hall–Kier alpha value is -2.47. The zero-order valence-electron chi connectivity index (χ0n) is 12.8. The van der Waals surface area contributed by atoms with E-state index in [-0.39, 0.29) is 0 Å². The van der Waals surface area contributed by atoms with Gasteiger partial charge < -0.3 is 9.67 Å². The molecule has 3 aromatic rings. The van der Waals surface area contributed by atoms with Gasteiger partial charge in [0.25, 0.3) is 0 Å². The zero-order valence-corrected chi connectivity index (χ0v) is 12.8. The van der Waals surface area contributed by atoms with Gasteiger partial charge in [0.2, 0.25) is 0 Å². The van der Waals surface area contributed by atoms with Crippen LogP contribution in [0.4, 0.5) is 0 Å². The Labute approximate surface area is 130 Å². The molecule has 1 aromatic heterocycles. The van der Waals surface area contributed by atoms with Crippen LogP contribution in [0.3, 0.4) is 0 Å². The van der Waals surface area contributed by atoms with E-state index in [0.717, 1.165) is 53.1 Å². The van der Waals surface area contributed by atoms with Gasteiger partial charge in [-0.3, -0.25) is 0 Å². The molecule has 0 unspecified atom stereocenters. The molecule has 2 aromatic carbocycles. The van der Waals surface area contributed by atoms with Gasteiger partial charge in [0.15, 0.2) is 0 Å². The molecule has 1 heterocycles. The number of unbranched alkanes of at least 4 members (excludes halogenated alkanes) is 3. The van der Waals surface area contributed by atoms with Crippen LogP contribution in [-0.2, 0) is 13.5 Å². The highest BCUT2D eigenvalue weighted by molar-refractivity contribution is 6.11. The molecule has 0 spiro atoms. The number of rotatable bonds is 5. The van der Waals surface area contributed by atoms with Crippen molar-refractivity contribution in [1.29, 1.82) is 5.26 Å². The van der Waals surface area contributed by atoms with E-state index in [1.54, 1.807) is 0 Å². The molecule has 0 atom stereocenters. The van der Waals surface area contributed by atoms with Crippen molar-refractivity contribution in [3.05, 3.63) is 42.0 Å². The van der Waals surface area contributed by atoms with Crippen molar-refractivity contribution in [1.82, 2.24) is 4.57 Å². The molecule has 0 fully saturated rings. The van der Waals surface area contributed by atoms with Crippen molar-refractivity contribution in [2.45, 2.75) is 32.1 Å². The summed E-state index contributed by atoms with van der Waals surface area (Å²) in [4.78, 5) is 0. The number of hydrogen-bond acceptors (Lipinski definition) is 2. The van der Waals surface area contributed by atoms with Crippen LogP contribution in [0.15, 0.2) is 36.4 Å². The first kappa shape index (κ1) is 14.5. The second-order valence-corrected chi connectivity index (χ2v) is 5.80. The summed E-state index contributed by atoms with van der Waals surface area (Å²) in [7, 11) is 2.04. The molecule has 0 amide bonds. The average molecular weight is 292 g/mol. The van der Waals surface area contributed by atoms with Crippen LogP contribution in [0.25, 0.3) is 21.8 Å². The van der Waals surface area contributed by atoms with Crippen molar-refractivity contribution in [2.75, 3.05) is 0 Å². The van der Waals surface area contributed by atoms with Gasteiger partial charge in [0.05, 0.1) is 11.6 Å². The Morgan fingerprint density at radius 2 is 1.91 bits per heavy atom. The van der Waals surface area contributed by atoms with E-state index in [2.05, 4.69) is 28.8 Å². The number of aromatic hydroxyl groups is 1. The largest absolute Gasteiger partial charge is 0.507 e. The fourth-order valence-corrected chi connectivity index (χ4v) is 3.17. The highest BCUT2D eigenvalue weighted by Gasteiger charge is 2.12. The van der Waals surface area contributed by atoms with Gasteiger partial charge in [-0.05, 0) is 43.0 Å². The summed E-state index contributed by atoms with van der Waals surface area (Å²) in [5, 5.41) is 21.0. The molecule has 0 bridgehead atoms. The molecule has 22 heavy (non-hydrogen) atoms. The molecule has 3 heteroatoms. The summed E-state index contributed by atoms with van der Waals surface area (Å²) >= 11 is 0. The SMILES string of the molecule is Cn1c2ccccc2c2c(O)cc(CCCCCC#N)cc21. The molecular formula is C19H20N2O. The Morgan fingerprint density at radius 1 is 1.09 bits per heavy atom. The lowest BCUT2D eigenvalue weighted by atomic mass is 10.0. The van der Waals surface area contributed by atoms with Gasteiger partial charge in [-0.25, -0.2) is 0 Å². The fraction of sp³-hybridized carbons (Fsp3) is 0.316. The van der Waals surface area contributed by atoms with E-state index in [9.17, 15) is 5.11 Å². The Balaban J connectivity index is 1.93. The number of aryl methyl sites for hydroxylation is 2. The molecule has 0 radical (unpaired) electrons. The number of nitriles is 1. The van der Waals surface area contributed by atoms with E-state index in [1.165, 1.54) is 0 Å². The zero-order chi connectivity index (χ0) is 15.5. The number of nitrogens with zero attached hydrogens (tertiary/aromatic N) is 2. The van der Waals surface area contributed by atoms with Crippen LogP contribution in [0.1, 0.15) is 31.2 Å². The van der Waals surface area contributed by atoms with Crippen LogP contribution < -0.4 is 0 Å². The van der Waals surface area contributed by atoms with Crippen LogP contribution in [0.5, 0.6) is 5.75 Å². The molecule has 112 valence electrons. The molecule has 1 N–H and O–H groups in total. The maximum absolute atomic E-state index is 10.4. The second-order valence-electron chi connectivity index (χ2n) is 5.80. The number of benzene rings is 2. The van der Waals surface area contributed by atoms with Gasteiger partial charge in [-0.15, -0.1) is 0 Å². The average Bonchev–Trinajstić information content (AvgIpc) is 2.81. The van der Waals surface area contributed by atoms with Crippen molar-refractivity contribution in [3.8, 4) is 11.8 Å². The van der Waals surface area contributed by atoms with Gasteiger partial charge in [-0.2, -0.15) is 5.26 Å². The predicted octanol–water partition coefficient (Wildman–Crippen LogP) is 4.66. The third-order valence-corrected chi connectivity index (χ3v) is 4.31. The standard InChI is InChI=1S/C19H20N2O/c1-21-16-10-6-5-9-15(16)19-17(21)12-14(13-18(19)22)8-4-2-3-7-11-20/h5-6,9-10,12-13,22H,2-4,7-8H2,1H3. The highest BCUT2D eigenvalue weighted by atomic mass is 16.3. The molecule has 0 aliphatic carbocycles. The van der Waals surface area contributed by atoms with E-state index >= 15 is 0 Å². The van der Waals surface area contributed by atoms with E-state index < -0.39 is 0 Å². The molecule has 0 aliphatic rings. The number of phenolic OH excluding ortho intramolecular Hbond substituents is 1. The number of aromatic nitrogens is 1. The summed E-state index contributed by atoms with van der Waals surface area (Å²) in [5.41, 5.74) is 3.38. The van der Waals surface area contributed by atoms with E-state index in [4.69, 9.17) is 5.26 Å². The van der Waals surface area contributed by atoms with Crippen molar-refractivity contribution >= 4 is 21.8 Å². The number of para-hydroxylation sites is 1. The minimum Gasteiger partial charge on any atom is -0.507 e.